The summed E-state index contributed by atoms with van der Waals surface area (Å²) in [4.78, 5) is 11.9. The van der Waals surface area contributed by atoms with Crippen LogP contribution < -0.4 is 0 Å². The van der Waals surface area contributed by atoms with Gasteiger partial charge in [0.15, 0.2) is 0 Å². The minimum Gasteiger partial charge on any atom is -0.462 e. The second-order valence-electron chi connectivity index (χ2n) is 10.3. The van der Waals surface area contributed by atoms with Gasteiger partial charge in [-0.05, 0) is 84.9 Å². The van der Waals surface area contributed by atoms with Crippen molar-refractivity contribution in [3.63, 3.8) is 0 Å². The van der Waals surface area contributed by atoms with Crippen molar-refractivity contribution < 1.29 is 14.6 Å². The van der Waals surface area contributed by atoms with Crippen molar-refractivity contribution in [3.8, 4) is 0 Å². The maximum atomic E-state index is 11.9. The van der Waals surface area contributed by atoms with Gasteiger partial charge in [-0.15, -0.1) is 0 Å². The van der Waals surface area contributed by atoms with E-state index in [1.54, 1.807) is 6.92 Å². The van der Waals surface area contributed by atoms with Gasteiger partial charge in [0.05, 0.1) is 6.10 Å². The minimum atomic E-state index is -0.0545. The van der Waals surface area contributed by atoms with Gasteiger partial charge in [0, 0.05) is 18.8 Å². The number of ether oxygens (including phenoxy) is 1. The van der Waals surface area contributed by atoms with Gasteiger partial charge >= 0.3 is 5.97 Å². The van der Waals surface area contributed by atoms with Crippen LogP contribution in [-0.2, 0) is 9.53 Å². The summed E-state index contributed by atoms with van der Waals surface area (Å²) in [7, 11) is 0. The third-order valence-corrected chi connectivity index (χ3v) is 10.4. The first-order chi connectivity index (χ1) is 11.7. The van der Waals surface area contributed by atoms with E-state index in [9.17, 15) is 9.90 Å². The lowest BCUT2D eigenvalue weighted by molar-refractivity contribution is -0.152. The number of aliphatic hydroxyl groups is 1. The highest BCUT2D eigenvalue weighted by Crippen LogP contribution is 2.82. The highest BCUT2D eigenvalue weighted by molar-refractivity contribution is 5.66. The fourth-order valence-corrected chi connectivity index (χ4v) is 10.7. The fraction of sp³-hybridized carbons (Fsp3) is 0.952. The lowest BCUT2D eigenvalue weighted by Crippen LogP contribution is -2.35. The maximum absolute atomic E-state index is 11.9. The fourth-order valence-electron chi connectivity index (χ4n) is 10.7. The van der Waals surface area contributed by atoms with E-state index in [1.807, 2.05) is 0 Å². The monoisotopic (exact) mass is 328 g/mol. The molecule has 0 aromatic carbocycles. The van der Waals surface area contributed by atoms with Crippen LogP contribution in [0, 0.1) is 71.0 Å². The van der Waals surface area contributed by atoms with E-state index in [0.717, 1.165) is 47.3 Å². The van der Waals surface area contributed by atoms with Crippen LogP contribution in [0.25, 0.3) is 0 Å². The number of esters is 1. The predicted molar refractivity (Wildman–Crippen MR) is 86.5 cm³/mol. The first-order valence-corrected chi connectivity index (χ1v) is 10.5. The summed E-state index contributed by atoms with van der Waals surface area (Å²) >= 11 is 0. The van der Waals surface area contributed by atoms with Gasteiger partial charge in [0.2, 0.25) is 0 Å². The molecule has 7 aliphatic carbocycles. The zero-order valence-electron chi connectivity index (χ0n) is 14.4. The molecule has 0 saturated heterocycles. The van der Waals surface area contributed by atoms with Crippen molar-refractivity contribution in [2.45, 2.75) is 51.2 Å². The standard InChI is InChI=1S/C21H28O3/c1-7(22)24-21-14-9-4-2-3-8(9)13-17(14)18-15(21)10-5-6-11-12(10)16(18)19(13)20(11)23/h8-21,23H,2-6H2,1H3/t8-,9+,10+,11+,12-,13-,14+,15-,16+,17+,18-,19-,20+,21+/m0/s1. The van der Waals surface area contributed by atoms with Gasteiger partial charge in [0.1, 0.15) is 6.10 Å². The third kappa shape index (κ3) is 1.20. The van der Waals surface area contributed by atoms with Crippen LogP contribution in [0.3, 0.4) is 0 Å². The first-order valence-electron chi connectivity index (χ1n) is 10.5. The largest absolute Gasteiger partial charge is 0.462 e. The Morgan fingerprint density at radius 1 is 0.750 bits per heavy atom. The Balaban J connectivity index is 1.42. The number of carbonyl (C=O) groups is 1. The smallest absolute Gasteiger partial charge is 0.302 e. The molecule has 130 valence electrons. The number of hydrogen-bond acceptors (Lipinski definition) is 3. The van der Waals surface area contributed by atoms with Gasteiger partial charge in [0.25, 0.3) is 0 Å². The van der Waals surface area contributed by atoms with E-state index in [0.29, 0.717) is 23.7 Å². The Kier molecular flexibility index (Phi) is 2.30. The summed E-state index contributed by atoms with van der Waals surface area (Å²) in [5.41, 5.74) is 0. The quantitative estimate of drug-likeness (QED) is 0.753. The van der Waals surface area contributed by atoms with Crippen molar-refractivity contribution in [2.24, 2.45) is 71.0 Å². The van der Waals surface area contributed by atoms with E-state index in [1.165, 1.54) is 32.1 Å². The Morgan fingerprint density at radius 3 is 2.17 bits per heavy atom. The molecule has 14 atom stereocenters. The molecule has 7 aliphatic rings. The molecule has 0 spiro atoms. The Hall–Kier alpha value is -0.570. The van der Waals surface area contributed by atoms with E-state index in [2.05, 4.69) is 0 Å². The van der Waals surface area contributed by atoms with Crippen molar-refractivity contribution in [1.29, 1.82) is 0 Å². The predicted octanol–water partition coefficient (Wildman–Crippen LogP) is 2.72. The van der Waals surface area contributed by atoms with E-state index < -0.39 is 0 Å². The molecular weight excluding hydrogens is 300 g/mol. The number of hydrogen-bond donors (Lipinski definition) is 1. The minimum absolute atomic E-state index is 0.00581. The SMILES string of the molecule is CC(=O)O[C@H]1[C@H]2[C@@H]3CC[C@H]4[C@@H](O)[C@H]5[C@H]6[C@H]7CCC[C@H]7[C@@H]1[C@@H]6[C@@H]2[C@H]5[C@@H]34. The summed E-state index contributed by atoms with van der Waals surface area (Å²) in [6.45, 7) is 1.62. The van der Waals surface area contributed by atoms with Crippen molar-refractivity contribution in [2.75, 3.05) is 0 Å². The summed E-state index contributed by atoms with van der Waals surface area (Å²) in [5.74, 6) is 8.67. The molecule has 0 unspecified atom stereocenters. The van der Waals surface area contributed by atoms with Crippen LogP contribution in [0.5, 0.6) is 0 Å². The van der Waals surface area contributed by atoms with E-state index >= 15 is 0 Å². The average Bonchev–Trinajstić information content (AvgIpc) is 3.27. The highest BCUT2D eigenvalue weighted by atomic mass is 16.5. The van der Waals surface area contributed by atoms with Gasteiger partial charge in [-0.1, -0.05) is 6.42 Å². The molecule has 0 aromatic rings. The molecule has 3 heteroatoms. The van der Waals surface area contributed by atoms with E-state index in [4.69, 9.17) is 4.74 Å². The molecule has 0 amide bonds. The van der Waals surface area contributed by atoms with Gasteiger partial charge in [-0.25, -0.2) is 0 Å². The Morgan fingerprint density at radius 2 is 1.38 bits per heavy atom. The normalized spacial score (nSPS) is 69.4. The molecule has 0 aromatic heterocycles. The van der Waals surface area contributed by atoms with Crippen LogP contribution in [0.4, 0.5) is 0 Å². The Labute approximate surface area is 143 Å². The van der Waals surface area contributed by atoms with E-state index in [-0.39, 0.29) is 18.2 Å². The number of fused-ring (bicyclic) bond motifs is 5. The zero-order valence-corrected chi connectivity index (χ0v) is 14.4. The molecule has 0 aliphatic heterocycles. The van der Waals surface area contributed by atoms with Gasteiger partial charge in [-0.3, -0.25) is 4.79 Å². The summed E-state index contributed by atoms with van der Waals surface area (Å²) < 4.78 is 6.10. The van der Waals surface area contributed by atoms with Crippen molar-refractivity contribution in [3.05, 3.63) is 0 Å². The van der Waals surface area contributed by atoms with Gasteiger partial charge < -0.3 is 9.84 Å². The molecule has 7 saturated carbocycles. The molecule has 7 fully saturated rings. The number of carbonyl (C=O) groups excluding carboxylic acids is 1. The molecule has 0 radical (unpaired) electrons. The summed E-state index contributed by atoms with van der Waals surface area (Å²) in [6, 6.07) is 0. The summed E-state index contributed by atoms with van der Waals surface area (Å²) in [6.07, 6.45) is 6.82. The lowest BCUT2D eigenvalue weighted by Gasteiger charge is -2.31. The number of rotatable bonds is 1. The van der Waals surface area contributed by atoms with Crippen molar-refractivity contribution >= 4 is 5.97 Å². The van der Waals surface area contributed by atoms with Gasteiger partial charge in [-0.2, -0.15) is 0 Å². The van der Waals surface area contributed by atoms with Crippen LogP contribution in [-0.4, -0.2) is 23.3 Å². The van der Waals surface area contributed by atoms with Crippen LogP contribution in [0.2, 0.25) is 0 Å². The topological polar surface area (TPSA) is 46.5 Å². The molecule has 0 bridgehead atoms. The molecule has 1 N–H and O–H groups in total. The molecule has 7 rings (SSSR count). The molecule has 3 nitrogen and oxygen atoms in total. The van der Waals surface area contributed by atoms with Crippen LogP contribution in [0.1, 0.15) is 39.0 Å². The number of aliphatic hydroxyl groups excluding tert-OH is 1. The van der Waals surface area contributed by atoms with Crippen LogP contribution in [0.15, 0.2) is 0 Å². The Bertz CT molecular complexity index is 625. The second-order valence-corrected chi connectivity index (χ2v) is 10.3. The lowest BCUT2D eigenvalue weighted by atomic mass is 9.77. The van der Waals surface area contributed by atoms with Crippen molar-refractivity contribution in [1.82, 2.24) is 0 Å². The third-order valence-electron chi connectivity index (χ3n) is 10.4. The average molecular weight is 328 g/mol. The van der Waals surface area contributed by atoms with Crippen LogP contribution >= 0.6 is 0 Å². The second kappa shape index (κ2) is 4.05. The molecular formula is C21H28O3. The molecule has 24 heavy (non-hydrogen) atoms. The summed E-state index contributed by atoms with van der Waals surface area (Å²) in [5, 5.41) is 11.2. The molecule has 0 heterocycles. The maximum Gasteiger partial charge on any atom is 0.302 e. The zero-order chi connectivity index (χ0) is 15.9. The highest BCUT2D eigenvalue weighted by Gasteiger charge is 2.81. The first kappa shape index (κ1) is 13.6.